The van der Waals surface area contributed by atoms with Crippen LogP contribution >= 0.6 is 35.1 Å². The van der Waals surface area contributed by atoms with Crippen LogP contribution in [0.25, 0.3) is 0 Å². The molecule has 0 aliphatic carbocycles. The molecule has 0 bridgehead atoms. The van der Waals surface area contributed by atoms with Gasteiger partial charge < -0.3 is 4.90 Å². The Labute approximate surface area is 207 Å². The molecule has 3 aromatic carbocycles. The van der Waals surface area contributed by atoms with Crippen LogP contribution in [0.2, 0.25) is 5.02 Å². The number of hydrogen-bond donors (Lipinski definition) is 0. The molecular weight excluding hydrogens is 470 g/mol. The molecule has 0 N–H and O–H groups in total. The zero-order valence-corrected chi connectivity index (χ0v) is 20.5. The van der Waals surface area contributed by atoms with E-state index in [2.05, 4.69) is 36.1 Å². The highest BCUT2D eigenvalue weighted by molar-refractivity contribution is 8.19. The molecule has 33 heavy (non-hydrogen) atoms. The van der Waals surface area contributed by atoms with E-state index >= 15 is 0 Å². The van der Waals surface area contributed by atoms with Gasteiger partial charge in [0.05, 0.1) is 16.4 Å². The van der Waals surface area contributed by atoms with E-state index in [4.69, 9.17) is 16.6 Å². The number of thioether (sulfide) groups is 2. The summed E-state index contributed by atoms with van der Waals surface area (Å²) in [5.41, 5.74) is 3.00. The van der Waals surface area contributed by atoms with E-state index in [1.807, 2.05) is 54.6 Å². The largest absolute Gasteiger partial charge is 0.334 e. The van der Waals surface area contributed by atoms with Gasteiger partial charge in [-0.25, -0.2) is 4.99 Å². The number of carbonyl (C=O) groups is 1. The van der Waals surface area contributed by atoms with E-state index < -0.39 is 0 Å². The Hall–Kier alpha value is -2.67. The Bertz CT molecular complexity index is 1260. The number of halogens is 1. The first kappa shape index (κ1) is 22.1. The van der Waals surface area contributed by atoms with Crippen molar-refractivity contribution in [2.24, 2.45) is 4.99 Å². The molecule has 3 aromatic rings. The van der Waals surface area contributed by atoms with Crippen molar-refractivity contribution in [3.8, 4) is 0 Å². The highest BCUT2D eigenvalue weighted by Crippen LogP contribution is 2.50. The van der Waals surface area contributed by atoms with Gasteiger partial charge in [0.2, 0.25) is 0 Å². The third-order valence-corrected chi connectivity index (χ3v) is 8.22. The second-order valence-electron chi connectivity index (χ2n) is 7.59. The monoisotopic (exact) mass is 491 g/mol. The van der Waals surface area contributed by atoms with Crippen LogP contribution in [0.4, 0.5) is 11.4 Å². The molecule has 0 atom stereocenters. The predicted octanol–water partition coefficient (Wildman–Crippen LogP) is 6.95. The van der Waals surface area contributed by atoms with E-state index in [-0.39, 0.29) is 5.91 Å². The van der Waals surface area contributed by atoms with Gasteiger partial charge in [0.1, 0.15) is 9.93 Å². The van der Waals surface area contributed by atoms with Crippen molar-refractivity contribution >= 4 is 57.6 Å². The van der Waals surface area contributed by atoms with E-state index in [0.29, 0.717) is 22.4 Å². The topological polar surface area (TPSA) is 35.9 Å². The summed E-state index contributed by atoms with van der Waals surface area (Å²) in [5, 5.41) is 2.21. The number of hydrogen-bond acceptors (Lipinski definition) is 5. The quantitative estimate of drug-likeness (QED) is 0.362. The van der Waals surface area contributed by atoms with Crippen molar-refractivity contribution in [3.63, 3.8) is 0 Å². The van der Waals surface area contributed by atoms with E-state index in [0.717, 1.165) is 28.6 Å². The fourth-order valence-corrected chi connectivity index (χ4v) is 6.45. The number of amides is 1. The summed E-state index contributed by atoms with van der Waals surface area (Å²) in [6.07, 6.45) is 0.752. The molecule has 2 aliphatic heterocycles. The molecule has 0 aromatic heterocycles. The van der Waals surface area contributed by atoms with Crippen LogP contribution in [0.15, 0.2) is 98.7 Å². The molecule has 2 heterocycles. The molecule has 166 valence electrons. The van der Waals surface area contributed by atoms with Crippen molar-refractivity contribution in [3.05, 3.63) is 99.4 Å². The van der Waals surface area contributed by atoms with Gasteiger partial charge in [0, 0.05) is 18.0 Å². The van der Waals surface area contributed by atoms with Crippen molar-refractivity contribution in [1.29, 1.82) is 0 Å². The predicted molar refractivity (Wildman–Crippen MR) is 140 cm³/mol. The summed E-state index contributed by atoms with van der Waals surface area (Å²) >= 11 is 9.48. The lowest BCUT2D eigenvalue weighted by Crippen LogP contribution is -2.32. The van der Waals surface area contributed by atoms with Crippen molar-refractivity contribution < 1.29 is 4.79 Å². The lowest BCUT2D eigenvalue weighted by atomic mass is 10.1. The third-order valence-electron chi connectivity index (χ3n) is 5.52. The van der Waals surface area contributed by atoms with Gasteiger partial charge in [-0.05, 0) is 54.9 Å². The number of fused-ring (bicyclic) bond motifs is 1. The summed E-state index contributed by atoms with van der Waals surface area (Å²) in [6.45, 7) is 3.45. The average molecular weight is 492 g/mol. The van der Waals surface area contributed by atoms with Crippen LogP contribution in [-0.4, -0.2) is 29.1 Å². The molecule has 5 rings (SSSR count). The standard InChI is InChI=1S/C26H22ClN3OS2/c1-2-29-21-14-8-9-15-22(21)32-25(29)23-24(31)30(17-16-18-10-4-3-5-11-18)26(33-23)28-20-13-7-6-12-19(20)27/h3-15H,2,16-17H2,1H3. The van der Waals surface area contributed by atoms with Gasteiger partial charge in [-0.2, -0.15) is 0 Å². The first-order chi connectivity index (χ1) is 16.2. The van der Waals surface area contributed by atoms with Gasteiger partial charge in [-0.3, -0.25) is 9.69 Å². The van der Waals surface area contributed by atoms with E-state index in [1.54, 1.807) is 16.7 Å². The zero-order chi connectivity index (χ0) is 22.8. The molecule has 0 spiro atoms. The van der Waals surface area contributed by atoms with Crippen LogP contribution in [-0.2, 0) is 11.2 Å². The van der Waals surface area contributed by atoms with Crippen LogP contribution in [0.5, 0.6) is 0 Å². The van der Waals surface area contributed by atoms with Crippen LogP contribution < -0.4 is 4.90 Å². The lowest BCUT2D eigenvalue weighted by molar-refractivity contribution is -0.122. The highest BCUT2D eigenvalue weighted by atomic mass is 35.5. The minimum absolute atomic E-state index is 0.00418. The van der Waals surface area contributed by atoms with Gasteiger partial charge in [0.25, 0.3) is 5.91 Å². The summed E-state index contributed by atoms with van der Waals surface area (Å²) in [7, 11) is 0. The SMILES string of the molecule is CCN1C(=C2SC(=Nc3ccccc3Cl)N(CCc3ccccc3)C2=O)Sc2ccccc21. The van der Waals surface area contributed by atoms with Gasteiger partial charge in [-0.1, -0.05) is 78.0 Å². The minimum Gasteiger partial charge on any atom is -0.334 e. The summed E-state index contributed by atoms with van der Waals surface area (Å²) in [6, 6.07) is 26.0. The van der Waals surface area contributed by atoms with Crippen molar-refractivity contribution in [1.82, 2.24) is 4.90 Å². The third kappa shape index (κ3) is 4.43. The van der Waals surface area contributed by atoms with Crippen molar-refractivity contribution in [2.45, 2.75) is 18.2 Å². The molecule has 1 fully saturated rings. The Morgan fingerprint density at radius 1 is 0.879 bits per heavy atom. The van der Waals surface area contributed by atoms with Crippen LogP contribution in [0, 0.1) is 0 Å². The normalized spacial score (nSPS) is 19.0. The summed E-state index contributed by atoms with van der Waals surface area (Å²) in [5.74, 6) is -0.00418. The molecule has 0 unspecified atom stereocenters. The van der Waals surface area contributed by atoms with Gasteiger partial charge >= 0.3 is 0 Å². The fourth-order valence-electron chi connectivity index (χ4n) is 3.86. The zero-order valence-electron chi connectivity index (χ0n) is 18.1. The maximum absolute atomic E-state index is 13.7. The molecule has 4 nitrogen and oxygen atoms in total. The number of para-hydroxylation sites is 2. The maximum Gasteiger partial charge on any atom is 0.269 e. The fraction of sp³-hybridized carbons (Fsp3) is 0.154. The number of carbonyl (C=O) groups excluding carboxylic acids is 1. The Morgan fingerprint density at radius 3 is 2.39 bits per heavy atom. The summed E-state index contributed by atoms with van der Waals surface area (Å²) in [4.78, 5) is 24.4. The Kier molecular flexibility index (Phi) is 6.49. The first-order valence-electron chi connectivity index (χ1n) is 10.8. The Balaban J connectivity index is 1.53. The number of nitrogens with zero attached hydrogens (tertiary/aromatic N) is 3. The molecular formula is C26H22ClN3OS2. The molecule has 1 saturated heterocycles. The first-order valence-corrected chi connectivity index (χ1v) is 12.8. The van der Waals surface area contributed by atoms with Gasteiger partial charge in [-0.15, -0.1) is 0 Å². The van der Waals surface area contributed by atoms with E-state index in [9.17, 15) is 4.79 Å². The second kappa shape index (κ2) is 9.67. The van der Waals surface area contributed by atoms with Crippen molar-refractivity contribution in [2.75, 3.05) is 18.0 Å². The second-order valence-corrected chi connectivity index (χ2v) is 10.0. The molecule has 7 heteroatoms. The minimum atomic E-state index is -0.00418. The van der Waals surface area contributed by atoms with E-state index in [1.165, 1.54) is 22.2 Å². The molecule has 0 saturated carbocycles. The number of benzene rings is 3. The van der Waals surface area contributed by atoms with Crippen LogP contribution in [0.1, 0.15) is 12.5 Å². The Morgan fingerprint density at radius 2 is 1.61 bits per heavy atom. The summed E-state index contributed by atoms with van der Waals surface area (Å²) < 4.78 is 0. The van der Waals surface area contributed by atoms with Crippen LogP contribution in [0.3, 0.4) is 0 Å². The maximum atomic E-state index is 13.7. The molecule has 2 aliphatic rings. The number of amidine groups is 1. The van der Waals surface area contributed by atoms with Gasteiger partial charge in [0.15, 0.2) is 5.17 Å². The number of rotatable bonds is 5. The average Bonchev–Trinajstić information content (AvgIpc) is 3.36. The molecule has 1 amide bonds. The number of aliphatic imine (C=N–C) groups is 1. The smallest absolute Gasteiger partial charge is 0.269 e. The molecule has 0 radical (unpaired) electrons. The highest BCUT2D eigenvalue weighted by Gasteiger charge is 2.39. The number of anilines is 1. The lowest BCUT2D eigenvalue weighted by Gasteiger charge is -2.19.